The van der Waals surface area contributed by atoms with Crippen LogP contribution in [0.5, 0.6) is 0 Å². The van der Waals surface area contributed by atoms with Crippen molar-refractivity contribution in [2.45, 2.75) is 63.5 Å². The number of benzene rings is 1. The van der Waals surface area contributed by atoms with E-state index in [0.717, 1.165) is 18.6 Å². The fourth-order valence-electron chi connectivity index (χ4n) is 2.78. The van der Waals surface area contributed by atoms with Crippen molar-refractivity contribution in [1.29, 1.82) is 0 Å². The first-order valence-corrected chi connectivity index (χ1v) is 9.96. The lowest BCUT2D eigenvalue weighted by Gasteiger charge is -2.42. The van der Waals surface area contributed by atoms with Crippen LogP contribution >= 0.6 is 11.8 Å². The van der Waals surface area contributed by atoms with Crippen LogP contribution < -0.4 is 0 Å². The Kier molecular flexibility index (Phi) is 8.22. The minimum absolute atomic E-state index is 0.261. The van der Waals surface area contributed by atoms with E-state index in [0.29, 0.717) is 12.2 Å². The Hall–Kier alpha value is -1.08. The summed E-state index contributed by atoms with van der Waals surface area (Å²) in [4.78, 5) is 12.4. The van der Waals surface area contributed by atoms with Gasteiger partial charge in [0, 0.05) is 6.61 Å². The average Bonchev–Trinajstić information content (AvgIpc) is 2.62. The fraction of sp³-hybridized carbons (Fsp3) is 0.632. The SMILES string of the molecule is CCCCO[C@H]1C(C)O[C@@H](SCC)C(OC(=O)c2ccccc2)C1O. The van der Waals surface area contributed by atoms with Gasteiger partial charge in [0.25, 0.3) is 0 Å². The molecule has 3 unspecified atom stereocenters. The molecule has 1 aliphatic heterocycles. The predicted octanol–water partition coefficient (Wildman–Crippen LogP) is 3.26. The fourth-order valence-corrected chi connectivity index (χ4v) is 3.77. The smallest absolute Gasteiger partial charge is 0.338 e. The van der Waals surface area contributed by atoms with Gasteiger partial charge in [0.15, 0.2) is 6.10 Å². The summed E-state index contributed by atoms with van der Waals surface area (Å²) in [5.41, 5.74) is 0.0470. The lowest BCUT2D eigenvalue weighted by molar-refractivity contribution is -0.209. The first kappa shape index (κ1) is 20.2. The molecule has 0 bridgehead atoms. The Labute approximate surface area is 154 Å². The third-order valence-corrected chi connectivity index (χ3v) is 5.19. The van der Waals surface area contributed by atoms with Crippen molar-refractivity contribution in [3.05, 3.63) is 35.9 Å². The number of unbranched alkanes of at least 4 members (excludes halogenated alkanes) is 1. The molecule has 1 aromatic carbocycles. The van der Waals surface area contributed by atoms with Crippen molar-refractivity contribution in [1.82, 2.24) is 0 Å². The summed E-state index contributed by atoms with van der Waals surface area (Å²) in [6, 6.07) is 8.78. The second-order valence-corrected chi connectivity index (χ2v) is 7.46. The second kappa shape index (κ2) is 10.2. The first-order valence-electron chi connectivity index (χ1n) is 8.91. The van der Waals surface area contributed by atoms with Gasteiger partial charge in [-0.25, -0.2) is 4.79 Å². The van der Waals surface area contributed by atoms with E-state index < -0.39 is 29.7 Å². The number of hydrogen-bond acceptors (Lipinski definition) is 6. The molecule has 0 saturated carbocycles. The molecule has 6 heteroatoms. The van der Waals surface area contributed by atoms with Gasteiger partial charge in [-0.3, -0.25) is 0 Å². The minimum atomic E-state index is -0.919. The molecule has 0 aromatic heterocycles. The number of ether oxygens (including phenoxy) is 3. The Bertz CT molecular complexity index is 524. The van der Waals surface area contributed by atoms with Crippen LogP contribution in [0.25, 0.3) is 0 Å². The maximum absolute atomic E-state index is 12.4. The topological polar surface area (TPSA) is 65.0 Å². The predicted molar refractivity (Wildman–Crippen MR) is 98.8 cm³/mol. The zero-order valence-electron chi connectivity index (χ0n) is 15.1. The van der Waals surface area contributed by atoms with Gasteiger partial charge in [0.05, 0.1) is 11.7 Å². The summed E-state index contributed by atoms with van der Waals surface area (Å²) in [7, 11) is 0. The number of thioether (sulfide) groups is 1. The molecule has 1 aromatic rings. The Morgan fingerprint density at radius 2 is 1.96 bits per heavy atom. The van der Waals surface area contributed by atoms with Gasteiger partial charge in [0.2, 0.25) is 0 Å². The van der Waals surface area contributed by atoms with Crippen molar-refractivity contribution in [3.8, 4) is 0 Å². The molecule has 2 rings (SSSR count). The van der Waals surface area contributed by atoms with Crippen LogP contribution in [0.4, 0.5) is 0 Å². The van der Waals surface area contributed by atoms with Crippen LogP contribution in [0.15, 0.2) is 30.3 Å². The monoisotopic (exact) mass is 368 g/mol. The van der Waals surface area contributed by atoms with Crippen molar-refractivity contribution < 1.29 is 24.1 Å². The molecule has 1 N–H and O–H groups in total. The Balaban J connectivity index is 2.10. The number of esters is 1. The van der Waals surface area contributed by atoms with Crippen LogP contribution in [0.3, 0.4) is 0 Å². The summed E-state index contributed by atoms with van der Waals surface area (Å²) in [6.45, 7) is 6.53. The number of rotatable bonds is 8. The van der Waals surface area contributed by atoms with Gasteiger partial charge >= 0.3 is 5.97 Å². The molecule has 1 fully saturated rings. The van der Waals surface area contributed by atoms with Crippen molar-refractivity contribution in [2.24, 2.45) is 0 Å². The molecule has 5 atom stereocenters. The molecule has 25 heavy (non-hydrogen) atoms. The number of carbonyl (C=O) groups excluding carboxylic acids is 1. The van der Waals surface area contributed by atoms with Crippen molar-refractivity contribution >= 4 is 17.7 Å². The maximum Gasteiger partial charge on any atom is 0.338 e. The highest BCUT2D eigenvalue weighted by molar-refractivity contribution is 7.99. The normalized spacial score (nSPS) is 29.4. The number of aliphatic hydroxyl groups is 1. The van der Waals surface area contributed by atoms with E-state index in [9.17, 15) is 9.90 Å². The summed E-state index contributed by atoms with van der Waals surface area (Å²) in [5.74, 6) is 0.335. The van der Waals surface area contributed by atoms with E-state index in [1.165, 1.54) is 11.8 Å². The van der Waals surface area contributed by atoms with Gasteiger partial charge in [-0.15, -0.1) is 11.8 Å². The Morgan fingerprint density at radius 1 is 1.24 bits per heavy atom. The zero-order valence-corrected chi connectivity index (χ0v) is 15.9. The highest BCUT2D eigenvalue weighted by Crippen LogP contribution is 2.32. The van der Waals surface area contributed by atoms with E-state index in [1.807, 2.05) is 19.9 Å². The third kappa shape index (κ3) is 5.45. The lowest BCUT2D eigenvalue weighted by Crippen LogP contribution is -2.58. The first-order chi connectivity index (χ1) is 12.1. The van der Waals surface area contributed by atoms with Crippen LogP contribution in [-0.4, -0.2) is 53.3 Å². The van der Waals surface area contributed by atoms with Crippen LogP contribution in [-0.2, 0) is 14.2 Å². The van der Waals surface area contributed by atoms with E-state index >= 15 is 0 Å². The van der Waals surface area contributed by atoms with Gasteiger partial charge in [-0.05, 0) is 31.2 Å². The third-order valence-electron chi connectivity index (χ3n) is 4.14. The van der Waals surface area contributed by atoms with Gasteiger partial charge < -0.3 is 19.3 Å². The van der Waals surface area contributed by atoms with Crippen LogP contribution in [0.1, 0.15) is 44.0 Å². The molecule has 0 radical (unpaired) electrons. The van der Waals surface area contributed by atoms with Gasteiger partial charge in [-0.1, -0.05) is 38.5 Å². The zero-order chi connectivity index (χ0) is 18.2. The second-order valence-electron chi connectivity index (χ2n) is 6.08. The van der Waals surface area contributed by atoms with E-state index in [-0.39, 0.29) is 6.10 Å². The number of hydrogen-bond donors (Lipinski definition) is 1. The largest absolute Gasteiger partial charge is 0.452 e. The molecule has 0 spiro atoms. The maximum atomic E-state index is 12.4. The lowest BCUT2D eigenvalue weighted by atomic mass is 10.0. The van der Waals surface area contributed by atoms with E-state index in [1.54, 1.807) is 24.3 Å². The molecular weight excluding hydrogens is 340 g/mol. The van der Waals surface area contributed by atoms with Crippen molar-refractivity contribution in [2.75, 3.05) is 12.4 Å². The standard InChI is InChI=1S/C19H28O5S/c1-4-6-12-22-16-13(3)23-19(25-5-2)17(15(16)20)24-18(21)14-10-8-7-9-11-14/h7-11,13,15-17,19-20H,4-6,12H2,1-3H3/t13?,15?,16-,17?,19-/m0/s1. The van der Waals surface area contributed by atoms with Crippen LogP contribution in [0, 0.1) is 0 Å². The Morgan fingerprint density at radius 3 is 2.60 bits per heavy atom. The molecule has 140 valence electrons. The molecule has 1 saturated heterocycles. The van der Waals surface area contributed by atoms with Crippen LogP contribution in [0.2, 0.25) is 0 Å². The average molecular weight is 368 g/mol. The van der Waals surface area contributed by atoms with Crippen molar-refractivity contribution in [3.63, 3.8) is 0 Å². The highest BCUT2D eigenvalue weighted by Gasteiger charge is 2.46. The van der Waals surface area contributed by atoms with Gasteiger partial charge in [0.1, 0.15) is 17.6 Å². The minimum Gasteiger partial charge on any atom is -0.452 e. The summed E-state index contributed by atoms with van der Waals surface area (Å²) in [6.07, 6.45) is -0.523. The quantitative estimate of drug-likeness (QED) is 0.561. The molecular formula is C19H28O5S. The molecule has 0 amide bonds. The summed E-state index contributed by atoms with van der Waals surface area (Å²) < 4.78 is 17.4. The summed E-state index contributed by atoms with van der Waals surface area (Å²) >= 11 is 1.52. The summed E-state index contributed by atoms with van der Waals surface area (Å²) in [5, 5.41) is 10.8. The molecule has 5 nitrogen and oxygen atoms in total. The van der Waals surface area contributed by atoms with E-state index in [4.69, 9.17) is 14.2 Å². The molecule has 1 heterocycles. The van der Waals surface area contributed by atoms with Gasteiger partial charge in [-0.2, -0.15) is 0 Å². The molecule has 1 aliphatic rings. The molecule has 0 aliphatic carbocycles. The van der Waals surface area contributed by atoms with E-state index in [2.05, 4.69) is 6.92 Å². The number of carbonyl (C=O) groups is 1. The number of aliphatic hydroxyl groups excluding tert-OH is 1. The highest BCUT2D eigenvalue weighted by atomic mass is 32.2.